The van der Waals surface area contributed by atoms with Gasteiger partial charge in [-0.3, -0.25) is 0 Å². The molecule has 0 spiro atoms. The molecule has 6 fully saturated rings. The number of fused-ring (bicyclic) bond motifs is 5. The number of hydrogen-bond donors (Lipinski definition) is 8. The number of aliphatic hydroxyl groups excluding tert-OH is 8. The molecule has 2 saturated heterocycles. The summed E-state index contributed by atoms with van der Waals surface area (Å²) in [5.41, 5.74) is -0.309. The molecule has 6 rings (SSSR count). The molecule has 20 atom stereocenters. The molecule has 0 bridgehead atoms. The Balaban J connectivity index is 1.34. The first-order chi connectivity index (χ1) is 25.1. The van der Waals surface area contributed by atoms with Crippen LogP contribution in [0.4, 0.5) is 0 Å². The Labute approximate surface area is 322 Å². The maximum atomic E-state index is 12.5. The number of allylic oxidation sites excluding steroid dienone is 2. The molecular formula is C42H72O12. The van der Waals surface area contributed by atoms with E-state index in [-0.39, 0.29) is 45.5 Å². The minimum Gasteiger partial charge on any atom is -0.394 e. The molecule has 0 aromatic heterocycles. The summed E-state index contributed by atoms with van der Waals surface area (Å²) >= 11 is 0. The van der Waals surface area contributed by atoms with E-state index < -0.39 is 79.7 Å². The first-order valence-electron chi connectivity index (χ1n) is 20.7. The van der Waals surface area contributed by atoms with Gasteiger partial charge in [0, 0.05) is 0 Å². The summed E-state index contributed by atoms with van der Waals surface area (Å²) < 4.78 is 25.1. The zero-order valence-corrected chi connectivity index (χ0v) is 34.1. The third-order valence-electron chi connectivity index (χ3n) is 16.7. The third-order valence-corrected chi connectivity index (χ3v) is 16.7. The van der Waals surface area contributed by atoms with E-state index in [2.05, 4.69) is 40.7 Å². The van der Waals surface area contributed by atoms with Crippen LogP contribution in [0.15, 0.2) is 11.6 Å². The smallest absolute Gasteiger partial charge is 0.187 e. The maximum absolute atomic E-state index is 12.5. The standard InChI is InChI=1S/C42H72O12/c1-21(2)11-10-15-42(9,54-37-35(33(49)31(47)25(20-43)52-37)53-36-34(50)32(48)30(46)22(3)51-36)23-12-17-41(8)29(23)24(44)19-27-39(6)16-14-28(45)38(4,5)26(39)13-18-40(27,41)7/h11,22-37,43-50H,10,12-20H2,1-9H3/t22-,23?,24+,25+,26?,27+,28-,29-,30-,31+,32+,33-,34+,35+,36-,37-,39-,40+,41+,42-/m0/s1. The molecule has 54 heavy (non-hydrogen) atoms. The molecule has 0 aromatic rings. The maximum Gasteiger partial charge on any atom is 0.187 e. The molecule has 4 saturated carbocycles. The van der Waals surface area contributed by atoms with Crippen molar-refractivity contribution in [2.45, 2.75) is 199 Å². The molecule has 0 amide bonds. The van der Waals surface area contributed by atoms with Crippen LogP contribution in [0.25, 0.3) is 0 Å². The fourth-order valence-corrected chi connectivity index (χ4v) is 13.3. The zero-order valence-electron chi connectivity index (χ0n) is 34.1. The Bertz CT molecular complexity index is 1360. The van der Waals surface area contributed by atoms with Crippen LogP contribution >= 0.6 is 0 Å². The SMILES string of the molecule is CC(C)=CCC[C@](C)(O[C@@H]1O[C@H](CO)[C@@H](O)[C@H](O)[C@H]1O[C@@H]1O[C@@H](C)[C@H](O)[C@@H](O)[C@H]1O)C1CC[C@]2(C)[C@@H]1[C@H](O)C[C@@H]1[C@@]3(C)CC[C@H](O)C(C)(C)C3CC[C@]12C. The van der Waals surface area contributed by atoms with Crippen LogP contribution in [-0.4, -0.2) is 127 Å². The largest absolute Gasteiger partial charge is 0.394 e. The van der Waals surface area contributed by atoms with Crippen molar-refractivity contribution in [2.75, 3.05) is 6.61 Å². The van der Waals surface area contributed by atoms with Gasteiger partial charge in [-0.1, -0.05) is 46.3 Å². The van der Waals surface area contributed by atoms with Crippen LogP contribution in [0.3, 0.4) is 0 Å². The van der Waals surface area contributed by atoms with E-state index in [9.17, 15) is 40.9 Å². The highest BCUT2D eigenvalue weighted by Gasteiger charge is 2.71. The van der Waals surface area contributed by atoms with Crippen molar-refractivity contribution in [3.63, 3.8) is 0 Å². The summed E-state index contributed by atoms with van der Waals surface area (Å²) in [5, 5.41) is 87.9. The van der Waals surface area contributed by atoms with Crippen molar-refractivity contribution in [3.8, 4) is 0 Å². The average molecular weight is 769 g/mol. The third kappa shape index (κ3) is 6.77. The summed E-state index contributed by atoms with van der Waals surface area (Å²) in [4.78, 5) is 0. The second kappa shape index (κ2) is 15.1. The molecule has 4 aliphatic carbocycles. The van der Waals surface area contributed by atoms with Crippen LogP contribution in [0, 0.1) is 45.3 Å². The van der Waals surface area contributed by atoms with Gasteiger partial charge in [-0.15, -0.1) is 0 Å². The highest BCUT2D eigenvalue weighted by Crippen LogP contribution is 2.76. The summed E-state index contributed by atoms with van der Waals surface area (Å²) in [5.74, 6) is 0.383. The highest BCUT2D eigenvalue weighted by atomic mass is 16.8. The van der Waals surface area contributed by atoms with E-state index in [4.69, 9.17) is 18.9 Å². The molecule has 2 unspecified atom stereocenters. The summed E-state index contributed by atoms with van der Waals surface area (Å²) in [6.07, 6.45) is -5.60. The van der Waals surface area contributed by atoms with Gasteiger partial charge in [-0.25, -0.2) is 0 Å². The molecular weight excluding hydrogens is 696 g/mol. The van der Waals surface area contributed by atoms with Crippen LogP contribution in [0.2, 0.25) is 0 Å². The zero-order chi connectivity index (χ0) is 39.9. The van der Waals surface area contributed by atoms with Crippen LogP contribution in [0.5, 0.6) is 0 Å². The van der Waals surface area contributed by atoms with Gasteiger partial charge in [-0.05, 0) is 131 Å². The lowest BCUT2D eigenvalue weighted by atomic mass is 9.35. The van der Waals surface area contributed by atoms with E-state index >= 15 is 0 Å². The molecule has 2 aliphatic heterocycles. The molecule has 0 radical (unpaired) electrons. The van der Waals surface area contributed by atoms with Crippen molar-refractivity contribution in [1.29, 1.82) is 0 Å². The van der Waals surface area contributed by atoms with E-state index in [0.717, 1.165) is 44.1 Å². The quantitative estimate of drug-likeness (QED) is 0.160. The number of rotatable bonds is 9. The lowest BCUT2D eigenvalue weighted by molar-refractivity contribution is -0.380. The average Bonchev–Trinajstić information content (AvgIpc) is 3.49. The predicted molar refractivity (Wildman–Crippen MR) is 200 cm³/mol. The Morgan fingerprint density at radius 1 is 0.778 bits per heavy atom. The van der Waals surface area contributed by atoms with E-state index in [1.54, 1.807) is 0 Å². The van der Waals surface area contributed by atoms with Crippen molar-refractivity contribution < 1.29 is 59.8 Å². The topological polar surface area (TPSA) is 199 Å². The summed E-state index contributed by atoms with van der Waals surface area (Å²) in [7, 11) is 0. The lowest BCUT2D eigenvalue weighted by Crippen LogP contribution is -2.67. The number of hydrogen-bond acceptors (Lipinski definition) is 12. The van der Waals surface area contributed by atoms with E-state index in [1.165, 1.54) is 6.92 Å². The Hall–Kier alpha value is -0.740. The summed E-state index contributed by atoms with van der Waals surface area (Å²) in [6, 6.07) is 0. The normalized spacial score (nSPS) is 52.8. The number of aliphatic hydroxyl groups is 8. The molecule has 12 heteroatoms. The van der Waals surface area contributed by atoms with Gasteiger partial charge < -0.3 is 59.8 Å². The first kappa shape index (κ1) is 42.9. The van der Waals surface area contributed by atoms with Gasteiger partial charge in [0.15, 0.2) is 12.6 Å². The minimum atomic E-state index is -1.67. The van der Waals surface area contributed by atoms with Gasteiger partial charge in [0.2, 0.25) is 0 Å². The summed E-state index contributed by atoms with van der Waals surface area (Å²) in [6.45, 7) is 18.8. The van der Waals surface area contributed by atoms with E-state index in [1.807, 2.05) is 20.8 Å². The molecule has 312 valence electrons. The highest BCUT2D eigenvalue weighted by molar-refractivity contribution is 5.20. The van der Waals surface area contributed by atoms with Crippen molar-refractivity contribution in [3.05, 3.63) is 11.6 Å². The minimum absolute atomic E-state index is 0.0182. The Kier molecular flexibility index (Phi) is 12.0. The van der Waals surface area contributed by atoms with Gasteiger partial charge in [0.05, 0.1) is 30.5 Å². The fraction of sp³-hybridized carbons (Fsp3) is 0.952. The Morgan fingerprint density at radius 2 is 1.44 bits per heavy atom. The first-order valence-corrected chi connectivity index (χ1v) is 20.7. The van der Waals surface area contributed by atoms with Crippen molar-refractivity contribution >= 4 is 0 Å². The monoisotopic (exact) mass is 769 g/mol. The molecule has 6 aliphatic rings. The van der Waals surface area contributed by atoms with Gasteiger partial charge >= 0.3 is 0 Å². The van der Waals surface area contributed by atoms with Gasteiger partial charge in [0.25, 0.3) is 0 Å². The fourth-order valence-electron chi connectivity index (χ4n) is 13.3. The molecule has 12 nitrogen and oxygen atoms in total. The molecule has 8 N–H and O–H groups in total. The van der Waals surface area contributed by atoms with Gasteiger partial charge in [0.1, 0.15) is 42.7 Å². The van der Waals surface area contributed by atoms with Gasteiger partial charge in [-0.2, -0.15) is 0 Å². The van der Waals surface area contributed by atoms with Crippen LogP contribution in [-0.2, 0) is 18.9 Å². The predicted octanol–water partition coefficient (Wildman–Crippen LogP) is 3.18. The van der Waals surface area contributed by atoms with Crippen molar-refractivity contribution in [1.82, 2.24) is 0 Å². The molecule has 0 aromatic carbocycles. The second-order valence-electron chi connectivity index (χ2n) is 20.1. The number of ether oxygens (including phenoxy) is 4. The van der Waals surface area contributed by atoms with Crippen LogP contribution in [0.1, 0.15) is 120 Å². The Morgan fingerprint density at radius 3 is 2.09 bits per heavy atom. The molecule has 2 heterocycles. The van der Waals surface area contributed by atoms with Crippen molar-refractivity contribution in [2.24, 2.45) is 45.3 Å². The second-order valence-corrected chi connectivity index (χ2v) is 20.1. The van der Waals surface area contributed by atoms with Crippen LogP contribution < -0.4 is 0 Å². The lowest BCUT2D eigenvalue weighted by Gasteiger charge is -2.70. The van der Waals surface area contributed by atoms with E-state index in [0.29, 0.717) is 25.2 Å².